The second-order valence-electron chi connectivity index (χ2n) is 8.83. The van der Waals surface area contributed by atoms with Gasteiger partial charge in [0, 0.05) is 41.5 Å². The number of halogens is 2. The van der Waals surface area contributed by atoms with E-state index in [-0.39, 0.29) is 23.1 Å². The third-order valence-electron chi connectivity index (χ3n) is 6.27. The monoisotopic (exact) mass is 559 g/mol. The van der Waals surface area contributed by atoms with Crippen molar-refractivity contribution in [2.24, 2.45) is 0 Å². The van der Waals surface area contributed by atoms with Crippen molar-refractivity contribution < 1.29 is 27.8 Å². The first-order valence-electron chi connectivity index (χ1n) is 12.2. The van der Waals surface area contributed by atoms with E-state index in [2.05, 4.69) is 20.3 Å². The smallest absolute Gasteiger partial charge is 0.286 e. The molecular weight excluding hydrogens is 536 g/mol. The number of rotatable bonds is 7. The molecule has 0 saturated carbocycles. The lowest BCUT2D eigenvalue weighted by Gasteiger charge is -2.14. The highest BCUT2D eigenvalue weighted by atomic mass is 19.1. The van der Waals surface area contributed by atoms with Crippen molar-refractivity contribution in [2.45, 2.75) is 13.8 Å². The summed E-state index contributed by atoms with van der Waals surface area (Å²) in [4.78, 5) is 39.0. The number of carbonyl (C=O) groups excluding carboxylic acids is 1. The van der Waals surface area contributed by atoms with Gasteiger partial charge in [-0.2, -0.15) is 0 Å². The van der Waals surface area contributed by atoms with Gasteiger partial charge in [0.15, 0.2) is 28.8 Å². The molecule has 0 unspecified atom stereocenters. The molecule has 3 aromatic heterocycles. The molecule has 0 bridgehead atoms. The van der Waals surface area contributed by atoms with Gasteiger partial charge in [-0.05, 0) is 50.2 Å². The highest BCUT2D eigenvalue weighted by Crippen LogP contribution is 2.35. The van der Waals surface area contributed by atoms with E-state index in [1.165, 1.54) is 67.4 Å². The SMILES string of the molecule is COc1cc2nccc(Oc3ccc(NC(=O)c4nc(C)c(C)n(-c5ccc(F)cc5)c4=O)cc3F)c2nc1OC. The lowest BCUT2D eigenvalue weighted by atomic mass is 10.2. The summed E-state index contributed by atoms with van der Waals surface area (Å²) in [5, 5.41) is 2.50. The summed E-state index contributed by atoms with van der Waals surface area (Å²) in [6, 6.07) is 12.2. The van der Waals surface area contributed by atoms with Gasteiger partial charge in [-0.25, -0.2) is 18.7 Å². The zero-order chi connectivity index (χ0) is 29.3. The first kappa shape index (κ1) is 27.2. The number of hydrogen-bond acceptors (Lipinski definition) is 8. The maximum atomic E-state index is 15.1. The van der Waals surface area contributed by atoms with Crippen molar-refractivity contribution >= 4 is 22.6 Å². The summed E-state index contributed by atoms with van der Waals surface area (Å²) in [5.74, 6) is -1.45. The third-order valence-corrected chi connectivity index (χ3v) is 6.27. The van der Waals surface area contributed by atoms with Gasteiger partial charge in [-0.15, -0.1) is 0 Å². The topological polar surface area (TPSA) is 117 Å². The second kappa shape index (κ2) is 11.0. The number of aromatic nitrogens is 4. The minimum atomic E-state index is -0.840. The number of hydrogen-bond donors (Lipinski definition) is 1. The van der Waals surface area contributed by atoms with Crippen LogP contribution in [0.5, 0.6) is 23.1 Å². The fourth-order valence-corrected chi connectivity index (χ4v) is 4.12. The largest absolute Gasteiger partial charge is 0.491 e. The van der Waals surface area contributed by atoms with Crippen LogP contribution < -0.4 is 25.1 Å². The Morgan fingerprint density at radius 1 is 0.902 bits per heavy atom. The van der Waals surface area contributed by atoms with Crippen LogP contribution in [0, 0.1) is 25.5 Å². The highest BCUT2D eigenvalue weighted by Gasteiger charge is 2.20. The van der Waals surface area contributed by atoms with Crippen LogP contribution in [0.2, 0.25) is 0 Å². The van der Waals surface area contributed by atoms with Crippen molar-refractivity contribution in [3.05, 3.63) is 99.9 Å². The van der Waals surface area contributed by atoms with Crippen molar-refractivity contribution in [1.82, 2.24) is 19.5 Å². The molecule has 0 fully saturated rings. The fourth-order valence-electron chi connectivity index (χ4n) is 4.12. The lowest BCUT2D eigenvalue weighted by molar-refractivity contribution is 0.102. The quantitative estimate of drug-likeness (QED) is 0.292. The molecule has 2 aromatic carbocycles. The molecular formula is C29H23F2N5O5. The number of methoxy groups -OCH3 is 2. The van der Waals surface area contributed by atoms with Crippen LogP contribution in [-0.4, -0.2) is 39.6 Å². The molecule has 208 valence electrons. The van der Waals surface area contributed by atoms with Crippen molar-refractivity contribution in [3.8, 4) is 28.8 Å². The number of carbonyl (C=O) groups is 1. The minimum absolute atomic E-state index is 0.0664. The van der Waals surface area contributed by atoms with Crippen molar-refractivity contribution in [3.63, 3.8) is 0 Å². The summed E-state index contributed by atoms with van der Waals surface area (Å²) < 4.78 is 46.1. The lowest BCUT2D eigenvalue weighted by Crippen LogP contribution is -2.32. The number of benzene rings is 2. The molecule has 0 aliphatic rings. The second-order valence-corrected chi connectivity index (χ2v) is 8.83. The Hall–Kier alpha value is -5.39. The Morgan fingerprint density at radius 3 is 2.34 bits per heavy atom. The standard InChI is InChI=1S/C29H23F2N5O5/c1-15-16(2)36(19-8-5-17(30)6-9-19)29(38)26(33-15)27(37)34-18-7-10-22(20(31)13-18)41-23-11-12-32-21-14-24(39-3)28(40-4)35-25(21)23/h5-14H,1-4H3,(H,34,37). The van der Waals surface area contributed by atoms with Crippen molar-refractivity contribution in [1.29, 1.82) is 0 Å². The van der Waals surface area contributed by atoms with Gasteiger partial charge in [0.05, 0.1) is 25.4 Å². The Labute approximate surface area is 232 Å². The maximum absolute atomic E-state index is 15.1. The van der Waals surface area contributed by atoms with E-state index < -0.39 is 28.8 Å². The minimum Gasteiger partial charge on any atom is -0.491 e. The number of ether oxygens (including phenoxy) is 3. The first-order valence-corrected chi connectivity index (χ1v) is 12.2. The Morgan fingerprint density at radius 2 is 1.66 bits per heavy atom. The van der Waals surface area contributed by atoms with Crippen LogP contribution in [0.3, 0.4) is 0 Å². The fraction of sp³-hybridized carbons (Fsp3) is 0.138. The molecule has 5 rings (SSSR count). The van der Waals surface area contributed by atoms with Crippen LogP contribution in [0.4, 0.5) is 14.5 Å². The molecule has 3 heterocycles. The number of anilines is 1. The molecule has 0 aliphatic heterocycles. The number of fused-ring (bicyclic) bond motifs is 1. The summed E-state index contributed by atoms with van der Waals surface area (Å²) in [6.45, 7) is 3.30. The van der Waals surface area contributed by atoms with Gasteiger partial charge in [-0.1, -0.05) is 0 Å². The number of amides is 1. The zero-order valence-corrected chi connectivity index (χ0v) is 22.4. The van der Waals surface area contributed by atoms with E-state index >= 15 is 4.39 Å². The van der Waals surface area contributed by atoms with Gasteiger partial charge in [0.1, 0.15) is 11.3 Å². The molecule has 0 spiro atoms. The number of nitrogens with one attached hydrogen (secondary N) is 1. The van der Waals surface area contributed by atoms with Gasteiger partial charge in [0.25, 0.3) is 17.3 Å². The van der Waals surface area contributed by atoms with E-state index in [0.29, 0.717) is 33.9 Å². The van der Waals surface area contributed by atoms with Gasteiger partial charge in [-0.3, -0.25) is 19.1 Å². The summed E-state index contributed by atoms with van der Waals surface area (Å²) >= 11 is 0. The molecule has 0 radical (unpaired) electrons. The average Bonchev–Trinajstić information content (AvgIpc) is 2.96. The third kappa shape index (κ3) is 5.26. The molecule has 41 heavy (non-hydrogen) atoms. The Bertz CT molecular complexity index is 1860. The highest BCUT2D eigenvalue weighted by molar-refractivity contribution is 6.02. The first-order chi connectivity index (χ1) is 19.7. The molecule has 0 aliphatic carbocycles. The van der Waals surface area contributed by atoms with E-state index in [0.717, 1.165) is 6.07 Å². The van der Waals surface area contributed by atoms with E-state index in [4.69, 9.17) is 14.2 Å². The van der Waals surface area contributed by atoms with E-state index in [1.807, 2.05) is 0 Å². The van der Waals surface area contributed by atoms with Crippen molar-refractivity contribution in [2.75, 3.05) is 19.5 Å². The molecule has 5 aromatic rings. The van der Waals surface area contributed by atoms with Gasteiger partial charge < -0.3 is 19.5 Å². The normalized spacial score (nSPS) is 10.9. The molecule has 1 amide bonds. The maximum Gasteiger partial charge on any atom is 0.286 e. The van der Waals surface area contributed by atoms with Gasteiger partial charge in [0.2, 0.25) is 0 Å². The molecule has 0 atom stereocenters. The van der Waals surface area contributed by atoms with Crippen LogP contribution >= 0.6 is 0 Å². The van der Waals surface area contributed by atoms with Crippen LogP contribution in [0.1, 0.15) is 21.9 Å². The summed E-state index contributed by atoms with van der Waals surface area (Å²) in [6.07, 6.45) is 1.48. The Balaban J connectivity index is 1.42. The number of aryl methyl sites for hydroxylation is 1. The van der Waals surface area contributed by atoms with Crippen LogP contribution in [0.15, 0.2) is 65.6 Å². The number of nitrogens with zero attached hydrogens (tertiary/aromatic N) is 4. The molecule has 1 N–H and O–H groups in total. The zero-order valence-electron chi connectivity index (χ0n) is 22.4. The number of pyridine rings is 2. The van der Waals surface area contributed by atoms with E-state index in [1.54, 1.807) is 19.9 Å². The molecule has 10 nitrogen and oxygen atoms in total. The molecule has 0 saturated heterocycles. The van der Waals surface area contributed by atoms with Gasteiger partial charge >= 0.3 is 0 Å². The molecule has 12 heteroatoms. The predicted molar refractivity (Wildman–Crippen MR) is 146 cm³/mol. The predicted octanol–water partition coefficient (Wildman–Crippen LogP) is 5.13. The summed E-state index contributed by atoms with van der Waals surface area (Å²) in [7, 11) is 2.91. The average molecular weight is 560 g/mol. The van der Waals surface area contributed by atoms with Crippen LogP contribution in [-0.2, 0) is 0 Å². The Kier molecular flexibility index (Phi) is 7.30. The van der Waals surface area contributed by atoms with Crippen LogP contribution in [0.25, 0.3) is 16.7 Å². The summed E-state index contributed by atoms with van der Waals surface area (Å²) in [5.41, 5.74) is 0.990. The van der Waals surface area contributed by atoms with E-state index in [9.17, 15) is 14.0 Å².